The monoisotopic (exact) mass is 341 g/mol. The zero-order valence-corrected chi connectivity index (χ0v) is 15.0. The number of methoxy groups -OCH3 is 1. The molecule has 2 aromatic rings. The Hall–Kier alpha value is -2.53. The van der Waals surface area contributed by atoms with E-state index in [-0.39, 0.29) is 0 Å². The minimum absolute atomic E-state index is 0.631. The summed E-state index contributed by atoms with van der Waals surface area (Å²) in [4.78, 5) is 4.22. The number of nitrogens with zero attached hydrogens (tertiary/aromatic N) is 1. The van der Waals surface area contributed by atoms with Crippen molar-refractivity contribution in [2.24, 2.45) is 4.99 Å². The lowest BCUT2D eigenvalue weighted by Crippen LogP contribution is -2.39. The van der Waals surface area contributed by atoms with E-state index in [1.807, 2.05) is 30.3 Å². The number of aliphatic imine (C=N–C) groups is 1. The van der Waals surface area contributed by atoms with Crippen LogP contribution in [0.3, 0.4) is 0 Å². The molecule has 2 N–H and O–H groups in total. The fraction of sp³-hybridized carbons (Fsp3) is 0.350. The first-order valence-electron chi connectivity index (χ1n) is 8.51. The van der Waals surface area contributed by atoms with Gasteiger partial charge in [-0.05, 0) is 29.7 Å². The predicted molar refractivity (Wildman–Crippen MR) is 102 cm³/mol. The van der Waals surface area contributed by atoms with Gasteiger partial charge in [-0.25, -0.2) is 0 Å². The van der Waals surface area contributed by atoms with Crippen molar-refractivity contribution in [1.29, 1.82) is 0 Å². The van der Waals surface area contributed by atoms with Gasteiger partial charge in [0.05, 0.1) is 20.3 Å². The summed E-state index contributed by atoms with van der Waals surface area (Å²) in [6.45, 7) is 2.80. The van der Waals surface area contributed by atoms with Crippen LogP contribution in [0.1, 0.15) is 11.1 Å². The van der Waals surface area contributed by atoms with E-state index in [9.17, 15) is 0 Å². The van der Waals surface area contributed by atoms with Crippen molar-refractivity contribution in [2.45, 2.75) is 13.0 Å². The van der Waals surface area contributed by atoms with Crippen molar-refractivity contribution in [1.82, 2.24) is 10.6 Å². The topological polar surface area (TPSA) is 54.9 Å². The van der Waals surface area contributed by atoms with Gasteiger partial charge < -0.3 is 20.1 Å². The van der Waals surface area contributed by atoms with Crippen LogP contribution in [0, 0.1) is 0 Å². The van der Waals surface area contributed by atoms with Crippen molar-refractivity contribution in [3.8, 4) is 5.75 Å². The molecule has 0 aliphatic heterocycles. The Bertz CT molecular complexity index is 627. The summed E-state index contributed by atoms with van der Waals surface area (Å²) in [5, 5.41) is 6.56. The van der Waals surface area contributed by atoms with Crippen LogP contribution < -0.4 is 15.4 Å². The molecule has 0 bridgehead atoms. The zero-order valence-electron chi connectivity index (χ0n) is 15.0. The van der Waals surface area contributed by atoms with Gasteiger partial charge >= 0.3 is 0 Å². The molecule has 2 rings (SSSR count). The van der Waals surface area contributed by atoms with Crippen LogP contribution in [0.15, 0.2) is 59.6 Å². The second-order valence-electron chi connectivity index (χ2n) is 5.56. The zero-order chi connectivity index (χ0) is 17.7. The number of benzene rings is 2. The van der Waals surface area contributed by atoms with E-state index in [1.165, 1.54) is 11.1 Å². The third-order valence-corrected chi connectivity index (χ3v) is 3.74. The lowest BCUT2D eigenvalue weighted by atomic mass is 10.1. The molecule has 0 heterocycles. The van der Waals surface area contributed by atoms with E-state index in [4.69, 9.17) is 9.47 Å². The van der Waals surface area contributed by atoms with E-state index < -0.39 is 0 Å². The molecule has 0 aliphatic rings. The highest BCUT2D eigenvalue weighted by Crippen LogP contribution is 2.11. The van der Waals surface area contributed by atoms with Crippen molar-refractivity contribution < 1.29 is 9.47 Å². The molecular formula is C20H27N3O2. The number of ether oxygens (including phenoxy) is 2. The standard InChI is InChI=1S/C20H27N3O2/c1-21-20(22-13-12-17-8-10-19(24-2)11-9-17)23-14-15-25-16-18-6-4-3-5-7-18/h3-11H,12-16H2,1-2H3,(H2,21,22,23). The molecule has 134 valence electrons. The average molecular weight is 341 g/mol. The average Bonchev–Trinajstić information content (AvgIpc) is 2.67. The SMILES string of the molecule is CN=C(NCCOCc1ccccc1)NCCc1ccc(OC)cc1. The van der Waals surface area contributed by atoms with Crippen LogP contribution in [-0.4, -0.2) is 39.8 Å². The summed E-state index contributed by atoms with van der Waals surface area (Å²) in [6.07, 6.45) is 0.926. The Morgan fingerprint density at radius 2 is 1.64 bits per heavy atom. The van der Waals surface area contributed by atoms with Gasteiger partial charge in [-0.2, -0.15) is 0 Å². The van der Waals surface area contributed by atoms with Crippen molar-refractivity contribution in [3.05, 3.63) is 65.7 Å². The Kier molecular flexibility index (Phi) is 8.35. The summed E-state index contributed by atoms with van der Waals surface area (Å²) in [6, 6.07) is 18.3. The Balaban J connectivity index is 1.58. The number of guanidine groups is 1. The molecule has 2 aromatic carbocycles. The molecule has 0 atom stereocenters. The summed E-state index contributed by atoms with van der Waals surface area (Å²) in [5.41, 5.74) is 2.44. The minimum Gasteiger partial charge on any atom is -0.497 e. The highest BCUT2D eigenvalue weighted by atomic mass is 16.5. The lowest BCUT2D eigenvalue weighted by molar-refractivity contribution is 0.125. The predicted octanol–water partition coefficient (Wildman–Crippen LogP) is 2.62. The van der Waals surface area contributed by atoms with Crippen LogP contribution in [0.25, 0.3) is 0 Å². The molecule has 0 radical (unpaired) electrons. The number of rotatable bonds is 9. The maximum Gasteiger partial charge on any atom is 0.191 e. The van der Waals surface area contributed by atoms with E-state index >= 15 is 0 Å². The quantitative estimate of drug-likeness (QED) is 0.418. The molecule has 5 nitrogen and oxygen atoms in total. The van der Waals surface area contributed by atoms with Gasteiger partial charge in [0.25, 0.3) is 0 Å². The molecular weight excluding hydrogens is 314 g/mol. The molecule has 0 saturated carbocycles. The maximum atomic E-state index is 5.65. The fourth-order valence-electron chi connectivity index (χ4n) is 2.34. The van der Waals surface area contributed by atoms with Gasteiger partial charge in [0.2, 0.25) is 0 Å². The van der Waals surface area contributed by atoms with Crippen LogP contribution >= 0.6 is 0 Å². The molecule has 0 amide bonds. The van der Waals surface area contributed by atoms with Crippen molar-refractivity contribution in [3.63, 3.8) is 0 Å². The first kappa shape index (κ1) is 18.8. The summed E-state index contributed by atoms with van der Waals surface area (Å²) < 4.78 is 10.8. The van der Waals surface area contributed by atoms with Gasteiger partial charge in [-0.3, -0.25) is 4.99 Å². The maximum absolute atomic E-state index is 5.65. The van der Waals surface area contributed by atoms with E-state index in [0.29, 0.717) is 13.2 Å². The van der Waals surface area contributed by atoms with Crippen LogP contribution in [0.4, 0.5) is 0 Å². The Labute approximate surface area is 150 Å². The Morgan fingerprint density at radius 3 is 2.32 bits per heavy atom. The summed E-state index contributed by atoms with van der Waals surface area (Å²) in [5.74, 6) is 1.67. The summed E-state index contributed by atoms with van der Waals surface area (Å²) >= 11 is 0. The lowest BCUT2D eigenvalue weighted by Gasteiger charge is -2.12. The number of hydrogen-bond acceptors (Lipinski definition) is 3. The number of hydrogen-bond donors (Lipinski definition) is 2. The molecule has 0 saturated heterocycles. The van der Waals surface area contributed by atoms with Crippen LogP contribution in [0.5, 0.6) is 5.75 Å². The molecule has 0 unspecified atom stereocenters. The molecule has 5 heteroatoms. The van der Waals surface area contributed by atoms with Gasteiger partial charge in [-0.15, -0.1) is 0 Å². The third-order valence-electron chi connectivity index (χ3n) is 3.74. The second kappa shape index (κ2) is 11.1. The Morgan fingerprint density at radius 1 is 0.920 bits per heavy atom. The van der Waals surface area contributed by atoms with Gasteiger partial charge in [0, 0.05) is 20.1 Å². The number of nitrogens with one attached hydrogen (secondary N) is 2. The highest BCUT2D eigenvalue weighted by molar-refractivity contribution is 5.79. The second-order valence-corrected chi connectivity index (χ2v) is 5.56. The fourth-order valence-corrected chi connectivity index (χ4v) is 2.34. The third kappa shape index (κ3) is 7.27. The first-order valence-corrected chi connectivity index (χ1v) is 8.51. The van der Waals surface area contributed by atoms with Crippen LogP contribution in [0.2, 0.25) is 0 Å². The molecule has 0 aromatic heterocycles. The molecule has 25 heavy (non-hydrogen) atoms. The largest absolute Gasteiger partial charge is 0.497 e. The molecule has 0 fully saturated rings. The minimum atomic E-state index is 0.631. The van der Waals surface area contributed by atoms with Crippen molar-refractivity contribution >= 4 is 5.96 Å². The van der Waals surface area contributed by atoms with Crippen LogP contribution in [-0.2, 0) is 17.8 Å². The molecule has 0 aliphatic carbocycles. The van der Waals surface area contributed by atoms with Gasteiger partial charge in [-0.1, -0.05) is 42.5 Å². The summed E-state index contributed by atoms with van der Waals surface area (Å²) in [7, 11) is 3.45. The normalized spacial score (nSPS) is 11.2. The van der Waals surface area contributed by atoms with Crippen molar-refractivity contribution in [2.75, 3.05) is 33.9 Å². The van der Waals surface area contributed by atoms with E-state index in [0.717, 1.165) is 31.2 Å². The van der Waals surface area contributed by atoms with E-state index in [2.05, 4.69) is 39.9 Å². The van der Waals surface area contributed by atoms with E-state index in [1.54, 1.807) is 14.2 Å². The first-order chi connectivity index (χ1) is 12.3. The van der Waals surface area contributed by atoms with Gasteiger partial charge in [0.1, 0.15) is 5.75 Å². The smallest absolute Gasteiger partial charge is 0.191 e. The van der Waals surface area contributed by atoms with Gasteiger partial charge in [0.15, 0.2) is 5.96 Å². The highest BCUT2D eigenvalue weighted by Gasteiger charge is 1.99. The molecule has 0 spiro atoms.